The van der Waals surface area contributed by atoms with Crippen molar-refractivity contribution in [3.8, 4) is 5.75 Å². The molecule has 0 aromatic heterocycles. The molecule has 0 fully saturated rings. The Kier molecular flexibility index (Phi) is 17.3. The van der Waals surface area contributed by atoms with Crippen LogP contribution in [0.4, 0.5) is 0 Å². The van der Waals surface area contributed by atoms with Crippen LogP contribution >= 0.6 is 0 Å². The molecule has 0 aliphatic rings. The Hall–Kier alpha value is -1.77. The molecule has 0 aliphatic carbocycles. The van der Waals surface area contributed by atoms with Crippen LogP contribution in [-0.4, -0.2) is 17.6 Å². The Morgan fingerprint density at radius 1 is 0.800 bits per heavy atom. The van der Waals surface area contributed by atoms with E-state index in [2.05, 4.69) is 33.0 Å². The van der Waals surface area contributed by atoms with Gasteiger partial charge in [0.1, 0.15) is 5.75 Å². The largest absolute Gasteiger partial charge is 0.508 e. The lowest BCUT2D eigenvalue weighted by Crippen LogP contribution is -2.22. The third-order valence-corrected chi connectivity index (χ3v) is 7.39. The number of nitrogens with one attached hydrogen (secondary N) is 1. The van der Waals surface area contributed by atoms with Crippen molar-refractivity contribution in [3.63, 3.8) is 0 Å². The van der Waals surface area contributed by atoms with Crippen LogP contribution in [0.15, 0.2) is 24.3 Å². The van der Waals surface area contributed by atoms with Gasteiger partial charge in [-0.25, -0.2) is 0 Å². The number of phenols is 1. The van der Waals surface area contributed by atoms with Crippen molar-refractivity contribution in [2.75, 3.05) is 6.54 Å². The number of benzene rings is 1. The van der Waals surface area contributed by atoms with E-state index < -0.39 is 0 Å². The van der Waals surface area contributed by atoms with Crippen LogP contribution in [0.5, 0.6) is 5.75 Å². The zero-order valence-electron chi connectivity index (χ0n) is 23.5. The molecule has 0 atom stereocenters. The van der Waals surface area contributed by atoms with E-state index in [0.29, 0.717) is 5.75 Å². The van der Waals surface area contributed by atoms with Crippen molar-refractivity contribution in [2.24, 2.45) is 0 Å². The number of phenolic OH excluding ortho intramolecular Hbond substituents is 1. The number of carbonyl (C=O) groups excluding carboxylic acids is 1. The minimum Gasteiger partial charge on any atom is -0.508 e. The minimum atomic E-state index is -0.0938. The first-order valence-corrected chi connectivity index (χ1v) is 14.7. The van der Waals surface area contributed by atoms with Crippen molar-refractivity contribution in [3.05, 3.63) is 35.4 Å². The molecule has 0 aliphatic heterocycles. The molecule has 2 N–H and O–H groups in total. The molecule has 200 valence electrons. The van der Waals surface area contributed by atoms with Gasteiger partial charge in [0, 0.05) is 18.2 Å². The predicted molar refractivity (Wildman–Crippen MR) is 153 cm³/mol. The third kappa shape index (κ3) is 15.1. The molecule has 1 rings (SSSR count). The van der Waals surface area contributed by atoms with Crippen molar-refractivity contribution in [1.29, 1.82) is 0 Å². The Bertz CT molecular complexity index is 708. The molecule has 1 aromatic rings. The number of hydrogen-bond donors (Lipinski definition) is 2. The standard InChI is InChI=1S/C32H55NO2/c1-5-7-8-9-10-11-12-13-14-15-16-17-18-19-20-21-26-33-31(35)25-23-28-22-24-30(34)29(27-28)32(3,4)6-2/h22-25,27,34H,5-21,26H2,1-4H3,(H,33,35). The Balaban J connectivity index is 2.01. The molecule has 0 heterocycles. The normalized spacial score (nSPS) is 11.9. The summed E-state index contributed by atoms with van der Waals surface area (Å²) in [4.78, 5) is 12.1. The van der Waals surface area contributed by atoms with E-state index in [9.17, 15) is 9.90 Å². The molecule has 1 aromatic carbocycles. The minimum absolute atomic E-state index is 0.0460. The highest BCUT2D eigenvalue weighted by Gasteiger charge is 2.21. The lowest BCUT2D eigenvalue weighted by molar-refractivity contribution is -0.116. The smallest absolute Gasteiger partial charge is 0.243 e. The zero-order chi connectivity index (χ0) is 25.8. The predicted octanol–water partition coefficient (Wildman–Crippen LogP) is 9.47. The lowest BCUT2D eigenvalue weighted by atomic mass is 9.81. The van der Waals surface area contributed by atoms with Crippen LogP contribution in [0.25, 0.3) is 6.08 Å². The van der Waals surface area contributed by atoms with Crippen molar-refractivity contribution in [2.45, 2.75) is 142 Å². The summed E-state index contributed by atoms with van der Waals surface area (Å²) in [6.45, 7) is 9.39. The van der Waals surface area contributed by atoms with Gasteiger partial charge in [-0.05, 0) is 42.0 Å². The van der Waals surface area contributed by atoms with Gasteiger partial charge in [0.2, 0.25) is 5.91 Å². The van der Waals surface area contributed by atoms with Crippen molar-refractivity contribution >= 4 is 12.0 Å². The highest BCUT2D eigenvalue weighted by molar-refractivity contribution is 5.91. The molecule has 3 heteroatoms. The summed E-state index contributed by atoms with van der Waals surface area (Å²) in [6, 6.07) is 5.56. The molecule has 35 heavy (non-hydrogen) atoms. The van der Waals surface area contributed by atoms with Gasteiger partial charge >= 0.3 is 0 Å². The van der Waals surface area contributed by atoms with Gasteiger partial charge in [0.05, 0.1) is 0 Å². The van der Waals surface area contributed by atoms with Crippen LogP contribution in [0.3, 0.4) is 0 Å². The first-order chi connectivity index (χ1) is 16.9. The van der Waals surface area contributed by atoms with Gasteiger partial charge in [0.25, 0.3) is 0 Å². The van der Waals surface area contributed by atoms with Gasteiger partial charge in [0.15, 0.2) is 0 Å². The topological polar surface area (TPSA) is 49.3 Å². The molecular weight excluding hydrogens is 430 g/mol. The summed E-state index contributed by atoms with van der Waals surface area (Å²) in [5, 5.41) is 13.2. The van der Waals surface area contributed by atoms with E-state index in [4.69, 9.17) is 0 Å². The number of rotatable bonds is 21. The van der Waals surface area contributed by atoms with Crippen LogP contribution in [0.2, 0.25) is 0 Å². The summed E-state index contributed by atoms with van der Waals surface area (Å²) in [5.41, 5.74) is 1.77. The lowest BCUT2D eigenvalue weighted by Gasteiger charge is -2.24. The van der Waals surface area contributed by atoms with E-state index in [1.165, 1.54) is 96.3 Å². The van der Waals surface area contributed by atoms with Crippen molar-refractivity contribution in [1.82, 2.24) is 5.32 Å². The Labute approximate surface area is 217 Å². The van der Waals surface area contributed by atoms with Crippen LogP contribution < -0.4 is 5.32 Å². The molecule has 0 saturated heterocycles. The second-order valence-electron chi connectivity index (χ2n) is 10.9. The third-order valence-electron chi connectivity index (χ3n) is 7.39. The summed E-state index contributed by atoms with van der Waals surface area (Å²) in [5.74, 6) is 0.275. The molecule has 0 bridgehead atoms. The maximum Gasteiger partial charge on any atom is 0.243 e. The number of unbranched alkanes of at least 4 members (excludes halogenated alkanes) is 15. The molecular formula is C32H55NO2. The number of hydrogen-bond acceptors (Lipinski definition) is 2. The fourth-order valence-corrected chi connectivity index (χ4v) is 4.51. The van der Waals surface area contributed by atoms with E-state index in [-0.39, 0.29) is 11.3 Å². The Morgan fingerprint density at radius 2 is 1.29 bits per heavy atom. The second kappa shape index (κ2) is 19.4. The number of amides is 1. The highest BCUT2D eigenvalue weighted by atomic mass is 16.3. The van der Waals surface area contributed by atoms with Gasteiger partial charge in [-0.15, -0.1) is 0 Å². The average Bonchev–Trinajstić information content (AvgIpc) is 2.85. The van der Waals surface area contributed by atoms with E-state index in [0.717, 1.165) is 30.5 Å². The highest BCUT2D eigenvalue weighted by Crippen LogP contribution is 2.34. The van der Waals surface area contributed by atoms with Crippen molar-refractivity contribution < 1.29 is 9.90 Å². The molecule has 1 amide bonds. The van der Waals surface area contributed by atoms with Crippen LogP contribution in [-0.2, 0) is 10.2 Å². The second-order valence-corrected chi connectivity index (χ2v) is 10.9. The summed E-state index contributed by atoms with van der Waals surface area (Å²) < 4.78 is 0. The van der Waals surface area contributed by atoms with Crippen LogP contribution in [0.1, 0.15) is 148 Å². The first kappa shape index (κ1) is 31.3. The Morgan fingerprint density at radius 3 is 1.77 bits per heavy atom. The maximum atomic E-state index is 12.1. The molecule has 0 saturated carbocycles. The fraction of sp³-hybridized carbons (Fsp3) is 0.719. The quantitative estimate of drug-likeness (QED) is 0.134. The average molecular weight is 486 g/mol. The molecule has 0 radical (unpaired) electrons. The number of carbonyl (C=O) groups is 1. The zero-order valence-corrected chi connectivity index (χ0v) is 23.5. The van der Waals surface area contributed by atoms with E-state index in [1.54, 1.807) is 12.1 Å². The summed E-state index contributed by atoms with van der Waals surface area (Å²) >= 11 is 0. The summed E-state index contributed by atoms with van der Waals surface area (Å²) in [6.07, 6.45) is 26.1. The van der Waals surface area contributed by atoms with Crippen LogP contribution in [0, 0.1) is 0 Å². The van der Waals surface area contributed by atoms with E-state index >= 15 is 0 Å². The molecule has 0 unspecified atom stereocenters. The fourth-order valence-electron chi connectivity index (χ4n) is 4.51. The summed E-state index contributed by atoms with van der Waals surface area (Å²) in [7, 11) is 0. The number of aromatic hydroxyl groups is 1. The van der Waals surface area contributed by atoms with Gasteiger partial charge in [-0.3, -0.25) is 4.79 Å². The SMILES string of the molecule is CCCCCCCCCCCCCCCCCCNC(=O)C=Cc1ccc(O)c(C(C)(C)CC)c1. The van der Waals surface area contributed by atoms with Gasteiger partial charge in [-0.2, -0.15) is 0 Å². The monoisotopic (exact) mass is 485 g/mol. The van der Waals surface area contributed by atoms with Gasteiger partial charge in [-0.1, -0.05) is 130 Å². The molecule has 3 nitrogen and oxygen atoms in total. The first-order valence-electron chi connectivity index (χ1n) is 14.7. The molecule has 0 spiro atoms. The van der Waals surface area contributed by atoms with Gasteiger partial charge < -0.3 is 10.4 Å². The maximum absolute atomic E-state index is 12.1. The van der Waals surface area contributed by atoms with E-state index in [1.807, 2.05) is 18.2 Å².